The number of nitrogen functional groups attached to an aromatic ring is 1. The molecule has 1 aliphatic heterocycles. The Morgan fingerprint density at radius 2 is 1.91 bits per heavy atom. The molecule has 0 aromatic carbocycles. The Morgan fingerprint density at radius 3 is 2.70 bits per heavy atom. The summed E-state index contributed by atoms with van der Waals surface area (Å²) >= 11 is 0. The predicted octanol–water partition coefficient (Wildman–Crippen LogP) is -1.22. The topological polar surface area (TPSA) is 138 Å². The third-order valence-electron chi connectivity index (χ3n) is 3.86. The van der Waals surface area contributed by atoms with Crippen LogP contribution in [-0.4, -0.2) is 47.2 Å². The van der Waals surface area contributed by atoms with Crippen molar-refractivity contribution in [1.82, 2.24) is 33.8 Å². The van der Waals surface area contributed by atoms with Crippen LogP contribution in [0.4, 0.5) is 11.8 Å². The number of anilines is 1. The molecule has 4 N–H and O–H groups in total. The van der Waals surface area contributed by atoms with Gasteiger partial charge in [-0.1, -0.05) is 0 Å². The van der Waals surface area contributed by atoms with E-state index in [2.05, 4.69) is 19.9 Å². The first-order chi connectivity index (χ1) is 11.0. The highest BCUT2D eigenvalue weighted by molar-refractivity contribution is 5.71. The number of fused-ring (bicyclic) bond motifs is 2. The average Bonchev–Trinajstić information content (AvgIpc) is 3.12. The second-order valence-corrected chi connectivity index (χ2v) is 5.25. The fourth-order valence-corrected chi connectivity index (χ4v) is 2.44. The van der Waals surface area contributed by atoms with Crippen LogP contribution in [0.1, 0.15) is 11.9 Å². The second-order valence-electron chi connectivity index (χ2n) is 5.25. The molecular weight excluding hydrogens is 300 g/mol. The molecule has 3 aromatic rings. The van der Waals surface area contributed by atoms with E-state index in [1.165, 1.54) is 10.9 Å². The summed E-state index contributed by atoms with van der Waals surface area (Å²) in [5, 5.41) is 0. The maximum absolute atomic E-state index is 12.2. The lowest BCUT2D eigenvalue weighted by Crippen LogP contribution is -2.32. The summed E-state index contributed by atoms with van der Waals surface area (Å²) in [6, 6.07) is 0. The number of nitrogens with zero attached hydrogens (tertiary/aromatic N) is 8. The summed E-state index contributed by atoms with van der Waals surface area (Å²) in [6.45, 7) is 0. The van der Waals surface area contributed by atoms with E-state index in [-0.39, 0.29) is 17.0 Å². The molecule has 23 heavy (non-hydrogen) atoms. The van der Waals surface area contributed by atoms with Crippen molar-refractivity contribution in [2.24, 2.45) is 17.8 Å². The van der Waals surface area contributed by atoms with Crippen LogP contribution >= 0.6 is 0 Å². The first-order valence-electron chi connectivity index (χ1n) is 6.78. The normalized spacial score (nSPS) is 17.0. The van der Waals surface area contributed by atoms with Gasteiger partial charge in [0.05, 0.1) is 6.34 Å². The Balaban J connectivity index is 1.98. The minimum atomic E-state index is -0.399. The van der Waals surface area contributed by atoms with Crippen LogP contribution < -0.4 is 17.0 Å². The maximum atomic E-state index is 12.2. The Labute approximate surface area is 129 Å². The molecule has 0 fully saturated rings. The fraction of sp³-hybridized carbons (Fsp3) is 0.250. The van der Waals surface area contributed by atoms with Crippen LogP contribution in [0.5, 0.6) is 0 Å². The molecule has 0 saturated heterocycles. The van der Waals surface area contributed by atoms with Gasteiger partial charge in [-0.3, -0.25) is 9.36 Å². The molecule has 0 amide bonds. The van der Waals surface area contributed by atoms with Gasteiger partial charge in [0, 0.05) is 14.1 Å². The molecule has 0 radical (unpaired) electrons. The Bertz CT molecular complexity index is 1010. The monoisotopic (exact) mass is 314 g/mol. The highest BCUT2D eigenvalue weighted by Crippen LogP contribution is 2.28. The third kappa shape index (κ3) is 1.70. The van der Waals surface area contributed by atoms with Crippen molar-refractivity contribution in [1.29, 1.82) is 0 Å². The number of rotatable bonds is 1. The minimum absolute atomic E-state index is 0.0955. The SMILES string of the molecule is CN1C=Nc2c(ncn2-n2cnc3c(=O)n(C)c(N)nc32)C1N. The first kappa shape index (κ1) is 13.5. The molecule has 1 aliphatic rings. The van der Waals surface area contributed by atoms with Crippen molar-refractivity contribution < 1.29 is 0 Å². The van der Waals surface area contributed by atoms with Gasteiger partial charge in [0.2, 0.25) is 5.95 Å². The highest BCUT2D eigenvalue weighted by Gasteiger charge is 2.25. The highest BCUT2D eigenvalue weighted by atomic mass is 16.1. The smallest absolute Gasteiger partial charge is 0.282 e. The van der Waals surface area contributed by atoms with Crippen molar-refractivity contribution in [2.75, 3.05) is 12.8 Å². The average molecular weight is 314 g/mol. The predicted molar refractivity (Wildman–Crippen MR) is 83.0 cm³/mol. The zero-order valence-corrected chi connectivity index (χ0v) is 12.5. The summed E-state index contributed by atoms with van der Waals surface area (Å²) in [4.78, 5) is 31.0. The van der Waals surface area contributed by atoms with Crippen LogP contribution in [0.15, 0.2) is 22.4 Å². The molecule has 11 nitrogen and oxygen atoms in total. The number of hydrogen-bond donors (Lipinski definition) is 2. The molecule has 11 heteroatoms. The lowest BCUT2D eigenvalue weighted by atomic mass is 10.3. The summed E-state index contributed by atoms with van der Waals surface area (Å²) in [6.07, 6.45) is 4.24. The van der Waals surface area contributed by atoms with Crippen LogP contribution in [0.3, 0.4) is 0 Å². The summed E-state index contributed by atoms with van der Waals surface area (Å²) < 4.78 is 4.43. The van der Waals surface area contributed by atoms with Gasteiger partial charge in [-0.25, -0.2) is 24.3 Å². The second kappa shape index (κ2) is 4.39. The zero-order chi connectivity index (χ0) is 16.3. The Morgan fingerprint density at radius 1 is 1.17 bits per heavy atom. The molecule has 4 rings (SSSR count). The van der Waals surface area contributed by atoms with Gasteiger partial charge in [0.25, 0.3) is 5.56 Å². The summed E-state index contributed by atoms with van der Waals surface area (Å²) in [7, 11) is 3.36. The van der Waals surface area contributed by atoms with E-state index < -0.39 is 6.17 Å². The van der Waals surface area contributed by atoms with Crippen LogP contribution in [0.2, 0.25) is 0 Å². The zero-order valence-electron chi connectivity index (χ0n) is 12.5. The molecule has 4 heterocycles. The molecule has 3 aromatic heterocycles. The number of aliphatic imine (C=N–C) groups is 1. The van der Waals surface area contributed by atoms with Crippen LogP contribution in [0.25, 0.3) is 11.2 Å². The van der Waals surface area contributed by atoms with Gasteiger partial charge >= 0.3 is 0 Å². The Hall–Kier alpha value is -3.21. The molecular formula is C12H14N10O. The Kier molecular flexibility index (Phi) is 2.57. The van der Waals surface area contributed by atoms with Crippen LogP contribution in [-0.2, 0) is 7.05 Å². The van der Waals surface area contributed by atoms with Crippen molar-refractivity contribution in [3.05, 3.63) is 28.7 Å². The largest absolute Gasteiger partial charge is 0.369 e. The third-order valence-corrected chi connectivity index (χ3v) is 3.86. The lowest BCUT2D eigenvalue weighted by molar-refractivity contribution is 0.383. The van der Waals surface area contributed by atoms with Gasteiger partial charge in [-0.05, 0) is 0 Å². The van der Waals surface area contributed by atoms with E-state index in [1.54, 1.807) is 34.0 Å². The van der Waals surface area contributed by atoms with E-state index in [9.17, 15) is 4.79 Å². The van der Waals surface area contributed by atoms with Crippen LogP contribution in [0, 0.1) is 0 Å². The quantitative estimate of drug-likeness (QED) is 0.574. The number of imidazole rings is 2. The van der Waals surface area contributed by atoms with Gasteiger partial charge in [0.15, 0.2) is 17.0 Å². The van der Waals surface area contributed by atoms with Crippen molar-refractivity contribution in [3.8, 4) is 0 Å². The van der Waals surface area contributed by atoms with E-state index in [0.717, 1.165) is 0 Å². The minimum Gasteiger partial charge on any atom is -0.369 e. The maximum Gasteiger partial charge on any atom is 0.282 e. The molecule has 118 valence electrons. The molecule has 0 aliphatic carbocycles. The standard InChI is InChI=1S/C12H14N10O/c1-19-3-17-9-6(8(19)13)15-4-21(9)22-5-16-7-10(22)18-12(14)20(2)11(7)23/h3-5,8H,13H2,1-2H3,(H2,14,18). The van der Waals surface area contributed by atoms with Gasteiger partial charge in [-0.2, -0.15) is 4.98 Å². The van der Waals surface area contributed by atoms with E-state index in [1.807, 2.05) is 7.05 Å². The van der Waals surface area contributed by atoms with Crippen molar-refractivity contribution >= 4 is 29.3 Å². The summed E-state index contributed by atoms with van der Waals surface area (Å²) in [5.41, 5.74) is 12.7. The van der Waals surface area contributed by atoms with Crippen molar-refractivity contribution in [3.63, 3.8) is 0 Å². The van der Waals surface area contributed by atoms with Gasteiger partial charge in [-0.15, -0.1) is 0 Å². The van der Waals surface area contributed by atoms with Crippen molar-refractivity contribution in [2.45, 2.75) is 6.17 Å². The number of hydrogen-bond acceptors (Lipinski definition) is 8. The molecule has 1 unspecified atom stereocenters. The first-order valence-corrected chi connectivity index (χ1v) is 6.78. The van der Waals surface area contributed by atoms with E-state index in [0.29, 0.717) is 17.2 Å². The van der Waals surface area contributed by atoms with E-state index >= 15 is 0 Å². The molecule has 1 atom stereocenters. The molecule has 0 saturated carbocycles. The number of nitrogens with two attached hydrogens (primary N) is 2. The fourth-order valence-electron chi connectivity index (χ4n) is 2.44. The molecule has 0 spiro atoms. The van der Waals surface area contributed by atoms with Gasteiger partial charge < -0.3 is 16.4 Å². The molecule has 0 bridgehead atoms. The lowest BCUT2D eigenvalue weighted by Gasteiger charge is -2.24. The van der Waals surface area contributed by atoms with Gasteiger partial charge in [0.1, 0.15) is 24.5 Å². The van der Waals surface area contributed by atoms with E-state index in [4.69, 9.17) is 11.5 Å². The summed E-state index contributed by atoms with van der Waals surface area (Å²) in [5.74, 6) is 0.647. The number of aromatic nitrogens is 6.